The predicted octanol–water partition coefficient (Wildman–Crippen LogP) is 4.48. The highest BCUT2D eigenvalue weighted by atomic mass is 32.2. The zero-order chi connectivity index (χ0) is 25.4. The minimum Gasteiger partial charge on any atom is -0.496 e. The van der Waals surface area contributed by atoms with Crippen LogP contribution in [0.4, 0.5) is 11.4 Å². The second-order valence-electron chi connectivity index (χ2n) is 7.38. The molecular formula is C26H28N2O6S. The molecule has 0 saturated heterocycles. The Bertz CT molecular complexity index is 1220. The van der Waals surface area contributed by atoms with Crippen LogP contribution in [-0.4, -0.2) is 38.6 Å². The number of benzene rings is 3. The molecule has 184 valence electrons. The number of carbonyl (C=O) groups excluding carboxylic acids is 1. The Morgan fingerprint density at radius 1 is 0.886 bits per heavy atom. The smallest absolute Gasteiger partial charge is 0.255 e. The van der Waals surface area contributed by atoms with Crippen molar-refractivity contribution in [1.29, 1.82) is 0 Å². The van der Waals surface area contributed by atoms with Gasteiger partial charge in [0, 0.05) is 28.8 Å². The van der Waals surface area contributed by atoms with Gasteiger partial charge in [0.2, 0.25) is 0 Å². The van der Waals surface area contributed by atoms with Gasteiger partial charge >= 0.3 is 0 Å². The highest BCUT2D eigenvalue weighted by molar-refractivity contribution is 7.87. The molecule has 0 aliphatic heterocycles. The zero-order valence-electron chi connectivity index (χ0n) is 20.0. The fourth-order valence-electron chi connectivity index (χ4n) is 3.32. The van der Waals surface area contributed by atoms with E-state index in [1.165, 1.54) is 7.11 Å². The average molecular weight is 497 g/mol. The number of nitrogens with two attached hydrogens (primary N) is 1. The van der Waals surface area contributed by atoms with Crippen molar-refractivity contribution in [2.45, 2.75) is 5.75 Å². The Morgan fingerprint density at radius 2 is 1.51 bits per heavy atom. The first-order valence-electron chi connectivity index (χ1n) is 10.6. The number of methoxy groups -OCH3 is 4. The van der Waals surface area contributed by atoms with Gasteiger partial charge in [0.15, 0.2) is 0 Å². The highest BCUT2D eigenvalue weighted by Gasteiger charge is 2.13. The molecule has 0 spiro atoms. The van der Waals surface area contributed by atoms with Crippen LogP contribution in [0.25, 0.3) is 6.08 Å². The lowest BCUT2D eigenvalue weighted by Gasteiger charge is -2.13. The number of nitrogens with one attached hydrogen (secondary N) is 1. The summed E-state index contributed by atoms with van der Waals surface area (Å²) in [6.45, 7) is 0. The first kappa shape index (κ1) is 25.6. The second-order valence-corrected chi connectivity index (χ2v) is 8.71. The van der Waals surface area contributed by atoms with E-state index < -0.39 is 10.8 Å². The summed E-state index contributed by atoms with van der Waals surface area (Å²) in [5, 5.41) is 4.42. The number of hydrogen-bond donors (Lipinski definition) is 2. The van der Waals surface area contributed by atoms with Crippen LogP contribution >= 0.6 is 0 Å². The van der Waals surface area contributed by atoms with Gasteiger partial charge in [-0.25, -0.2) is 0 Å². The van der Waals surface area contributed by atoms with E-state index in [2.05, 4.69) is 5.32 Å². The number of rotatable bonds is 10. The monoisotopic (exact) mass is 496 g/mol. The number of hydrogen-bond acceptors (Lipinski definition) is 7. The van der Waals surface area contributed by atoms with E-state index >= 15 is 0 Å². The highest BCUT2D eigenvalue weighted by Crippen LogP contribution is 2.35. The van der Waals surface area contributed by atoms with Gasteiger partial charge in [0.25, 0.3) is 5.91 Å². The van der Waals surface area contributed by atoms with Crippen LogP contribution in [0.1, 0.15) is 21.5 Å². The Labute approximate surface area is 207 Å². The van der Waals surface area contributed by atoms with Crippen molar-refractivity contribution in [2.75, 3.05) is 39.5 Å². The lowest BCUT2D eigenvalue weighted by molar-refractivity contribution is 0.102. The number of anilines is 2. The van der Waals surface area contributed by atoms with Crippen molar-refractivity contribution < 1.29 is 28.0 Å². The number of carbonyl (C=O) groups is 1. The minimum absolute atomic E-state index is 0.228. The van der Waals surface area contributed by atoms with Crippen LogP contribution in [-0.2, 0) is 16.6 Å². The molecule has 35 heavy (non-hydrogen) atoms. The summed E-state index contributed by atoms with van der Waals surface area (Å²) < 4.78 is 34.3. The fraction of sp³-hybridized carbons (Fsp3) is 0.192. The third-order valence-electron chi connectivity index (χ3n) is 5.13. The maximum Gasteiger partial charge on any atom is 0.255 e. The van der Waals surface area contributed by atoms with E-state index in [1.54, 1.807) is 87.4 Å². The molecule has 3 aromatic carbocycles. The number of amides is 1. The quantitative estimate of drug-likeness (QED) is 0.399. The van der Waals surface area contributed by atoms with Crippen molar-refractivity contribution >= 4 is 34.2 Å². The average Bonchev–Trinajstić information content (AvgIpc) is 2.87. The summed E-state index contributed by atoms with van der Waals surface area (Å²) in [4.78, 5) is 12.6. The van der Waals surface area contributed by atoms with Gasteiger partial charge in [-0.2, -0.15) is 0 Å². The molecule has 0 heterocycles. The van der Waals surface area contributed by atoms with E-state index in [1.807, 2.05) is 0 Å². The predicted molar refractivity (Wildman–Crippen MR) is 139 cm³/mol. The molecule has 9 heteroatoms. The Hall–Kier alpha value is -3.98. The molecule has 1 amide bonds. The van der Waals surface area contributed by atoms with Crippen molar-refractivity contribution in [2.24, 2.45) is 0 Å². The number of ether oxygens (including phenoxy) is 4. The summed E-state index contributed by atoms with van der Waals surface area (Å²) in [6.07, 6.45) is 1.69. The third-order valence-corrected chi connectivity index (χ3v) is 6.19. The first-order chi connectivity index (χ1) is 16.9. The summed E-state index contributed by atoms with van der Waals surface area (Å²) in [5.74, 6) is 2.07. The lowest BCUT2D eigenvalue weighted by Crippen LogP contribution is -2.13. The molecule has 0 fully saturated rings. The van der Waals surface area contributed by atoms with Crippen molar-refractivity contribution in [3.8, 4) is 23.0 Å². The summed E-state index contributed by atoms with van der Waals surface area (Å²) in [6, 6.07) is 15.3. The van der Waals surface area contributed by atoms with Crippen molar-refractivity contribution in [1.82, 2.24) is 0 Å². The second kappa shape index (κ2) is 11.9. The molecule has 1 unspecified atom stereocenters. The van der Waals surface area contributed by atoms with Gasteiger partial charge in [-0.1, -0.05) is 6.07 Å². The first-order valence-corrected chi connectivity index (χ1v) is 12.0. The molecule has 0 bridgehead atoms. The van der Waals surface area contributed by atoms with Crippen LogP contribution in [0, 0.1) is 0 Å². The molecule has 3 aromatic rings. The largest absolute Gasteiger partial charge is 0.496 e. The van der Waals surface area contributed by atoms with Gasteiger partial charge < -0.3 is 30.0 Å². The molecule has 0 aromatic heterocycles. The zero-order valence-corrected chi connectivity index (χ0v) is 20.8. The molecule has 0 saturated carbocycles. The third kappa shape index (κ3) is 6.54. The summed E-state index contributed by atoms with van der Waals surface area (Å²) >= 11 is 0. The van der Waals surface area contributed by atoms with Crippen LogP contribution < -0.4 is 30.0 Å². The molecule has 3 rings (SSSR count). The molecule has 0 aliphatic carbocycles. The standard InChI is InChI=1S/C26H28N2O6S/c1-31-20-14-24(33-3)21(25(15-20)34-4)11-12-35(30)16-17-5-10-23(32-2)22(13-17)28-26(29)18-6-8-19(27)9-7-18/h5-15H,16,27H2,1-4H3,(H,28,29). The van der Waals surface area contributed by atoms with E-state index in [9.17, 15) is 9.00 Å². The van der Waals surface area contributed by atoms with Gasteiger partial charge in [0.1, 0.15) is 23.0 Å². The van der Waals surface area contributed by atoms with E-state index in [-0.39, 0.29) is 11.7 Å². The van der Waals surface area contributed by atoms with Gasteiger partial charge in [-0.15, -0.1) is 0 Å². The van der Waals surface area contributed by atoms with Crippen LogP contribution in [0.15, 0.2) is 60.0 Å². The Morgan fingerprint density at radius 3 is 2.09 bits per heavy atom. The molecule has 8 nitrogen and oxygen atoms in total. The maximum atomic E-state index is 12.8. The summed E-state index contributed by atoms with van der Waals surface area (Å²) in [7, 11) is 4.80. The normalized spacial score (nSPS) is 11.7. The Kier molecular flexibility index (Phi) is 8.74. The molecule has 3 N–H and O–H groups in total. The van der Waals surface area contributed by atoms with Crippen LogP contribution in [0.5, 0.6) is 23.0 Å². The maximum absolute atomic E-state index is 12.8. The topological polar surface area (TPSA) is 109 Å². The van der Waals surface area contributed by atoms with Crippen LogP contribution in [0.3, 0.4) is 0 Å². The van der Waals surface area contributed by atoms with E-state index in [4.69, 9.17) is 24.7 Å². The number of nitrogen functional groups attached to an aromatic ring is 1. The molecule has 0 aliphatic rings. The fourth-order valence-corrected chi connectivity index (χ4v) is 4.22. The molecular weight excluding hydrogens is 468 g/mol. The molecule has 1 atom stereocenters. The van der Waals surface area contributed by atoms with Gasteiger partial charge in [0.05, 0.1) is 56.2 Å². The van der Waals surface area contributed by atoms with Gasteiger partial charge in [-0.05, 0) is 48.0 Å². The summed E-state index contributed by atoms with van der Waals surface area (Å²) in [5.41, 5.74) is 8.61. The van der Waals surface area contributed by atoms with Gasteiger partial charge in [-0.3, -0.25) is 9.00 Å². The lowest BCUT2D eigenvalue weighted by atomic mass is 10.1. The van der Waals surface area contributed by atoms with E-state index in [0.29, 0.717) is 45.5 Å². The minimum atomic E-state index is -1.36. The molecule has 0 radical (unpaired) electrons. The van der Waals surface area contributed by atoms with Crippen LogP contribution in [0.2, 0.25) is 0 Å². The Balaban J connectivity index is 1.78. The van der Waals surface area contributed by atoms with Crippen molar-refractivity contribution in [3.63, 3.8) is 0 Å². The SMILES string of the molecule is COc1cc(OC)c(C=CS(=O)Cc2ccc(OC)c(NC(=O)c3ccc(N)cc3)c2)c(OC)c1. The van der Waals surface area contributed by atoms with Crippen molar-refractivity contribution in [3.05, 3.63) is 76.7 Å². The van der Waals surface area contributed by atoms with E-state index in [0.717, 1.165) is 5.56 Å².